The fraction of sp³-hybridized carbons (Fsp3) is 1.00. The summed E-state index contributed by atoms with van der Waals surface area (Å²) in [5.74, 6) is 1.79. The summed E-state index contributed by atoms with van der Waals surface area (Å²) in [6.07, 6.45) is 2.69. The SMILES string of the molecule is CCC(CC)(C(C)C)C1CN(C)C1. The number of hydrogen-bond acceptors (Lipinski definition) is 1. The molecule has 1 aliphatic rings. The highest BCUT2D eigenvalue weighted by Crippen LogP contribution is 2.45. The topological polar surface area (TPSA) is 3.24 Å². The molecule has 1 heterocycles. The smallest absolute Gasteiger partial charge is 0.00244 e. The Kier molecular flexibility index (Phi) is 3.39. The van der Waals surface area contributed by atoms with E-state index in [9.17, 15) is 0 Å². The van der Waals surface area contributed by atoms with Crippen LogP contribution in [-0.2, 0) is 0 Å². The molecule has 1 rings (SSSR count). The predicted molar refractivity (Wildman–Crippen MR) is 58.8 cm³/mol. The molecule has 0 amide bonds. The number of likely N-dealkylation sites (tertiary alicyclic amines) is 1. The van der Waals surface area contributed by atoms with Gasteiger partial charge in [0, 0.05) is 13.1 Å². The maximum atomic E-state index is 2.44. The van der Waals surface area contributed by atoms with E-state index in [0.29, 0.717) is 5.41 Å². The Hall–Kier alpha value is -0.0400. The maximum absolute atomic E-state index is 2.44. The van der Waals surface area contributed by atoms with Crippen molar-refractivity contribution < 1.29 is 0 Å². The van der Waals surface area contributed by atoms with Gasteiger partial charge in [0.05, 0.1) is 0 Å². The van der Waals surface area contributed by atoms with Crippen molar-refractivity contribution in [2.45, 2.75) is 40.5 Å². The Morgan fingerprint density at radius 3 is 1.92 bits per heavy atom. The van der Waals surface area contributed by atoms with Gasteiger partial charge in [-0.05, 0) is 37.1 Å². The van der Waals surface area contributed by atoms with Crippen molar-refractivity contribution in [3.63, 3.8) is 0 Å². The van der Waals surface area contributed by atoms with Gasteiger partial charge in [-0.1, -0.05) is 27.7 Å². The highest BCUT2D eigenvalue weighted by atomic mass is 15.2. The molecule has 0 saturated carbocycles. The molecule has 78 valence electrons. The van der Waals surface area contributed by atoms with Crippen molar-refractivity contribution in [1.82, 2.24) is 4.90 Å². The second-order valence-electron chi connectivity index (χ2n) is 5.01. The molecule has 0 atom stereocenters. The summed E-state index contributed by atoms with van der Waals surface area (Å²) in [7, 11) is 2.23. The van der Waals surface area contributed by atoms with Gasteiger partial charge in [-0.3, -0.25) is 0 Å². The zero-order chi connectivity index (χ0) is 10.1. The third kappa shape index (κ3) is 1.76. The minimum absolute atomic E-state index is 0.618. The van der Waals surface area contributed by atoms with Crippen LogP contribution in [-0.4, -0.2) is 25.0 Å². The average Bonchev–Trinajstić information content (AvgIpc) is 2.04. The normalized spacial score (nSPS) is 20.8. The van der Waals surface area contributed by atoms with E-state index in [-0.39, 0.29) is 0 Å². The summed E-state index contributed by atoms with van der Waals surface area (Å²) < 4.78 is 0. The lowest BCUT2D eigenvalue weighted by atomic mass is 9.62. The summed E-state index contributed by atoms with van der Waals surface area (Å²) in [6, 6.07) is 0. The second kappa shape index (κ2) is 4.00. The van der Waals surface area contributed by atoms with Gasteiger partial charge in [0.25, 0.3) is 0 Å². The monoisotopic (exact) mass is 183 g/mol. The van der Waals surface area contributed by atoms with Crippen molar-refractivity contribution in [2.75, 3.05) is 20.1 Å². The van der Waals surface area contributed by atoms with Crippen LogP contribution in [0.25, 0.3) is 0 Å². The van der Waals surface area contributed by atoms with Crippen molar-refractivity contribution in [3.8, 4) is 0 Å². The van der Waals surface area contributed by atoms with Gasteiger partial charge in [-0.2, -0.15) is 0 Å². The van der Waals surface area contributed by atoms with Gasteiger partial charge < -0.3 is 4.90 Å². The Balaban J connectivity index is 2.66. The molecule has 1 fully saturated rings. The van der Waals surface area contributed by atoms with E-state index in [4.69, 9.17) is 0 Å². The summed E-state index contributed by atoms with van der Waals surface area (Å²) in [5.41, 5.74) is 0.618. The summed E-state index contributed by atoms with van der Waals surface area (Å²) in [4.78, 5) is 2.44. The van der Waals surface area contributed by atoms with Crippen LogP contribution in [0.4, 0.5) is 0 Å². The number of hydrogen-bond donors (Lipinski definition) is 0. The molecule has 1 saturated heterocycles. The largest absolute Gasteiger partial charge is 0.306 e. The molecule has 0 N–H and O–H groups in total. The van der Waals surface area contributed by atoms with Crippen LogP contribution >= 0.6 is 0 Å². The van der Waals surface area contributed by atoms with E-state index in [1.807, 2.05) is 0 Å². The molecular weight excluding hydrogens is 158 g/mol. The van der Waals surface area contributed by atoms with Crippen LogP contribution < -0.4 is 0 Å². The van der Waals surface area contributed by atoms with Crippen molar-refractivity contribution in [2.24, 2.45) is 17.3 Å². The lowest BCUT2D eigenvalue weighted by Crippen LogP contribution is -2.54. The van der Waals surface area contributed by atoms with E-state index < -0.39 is 0 Å². The zero-order valence-corrected chi connectivity index (χ0v) is 9.93. The Morgan fingerprint density at radius 1 is 1.23 bits per heavy atom. The first-order chi connectivity index (χ1) is 6.06. The third-order valence-corrected chi connectivity index (χ3v) is 4.34. The standard InChI is InChI=1S/C12H25N/c1-6-12(7-2,10(3)4)11-8-13(5)9-11/h10-11H,6-9H2,1-5H3. The van der Waals surface area contributed by atoms with Crippen LogP contribution in [0, 0.1) is 17.3 Å². The Morgan fingerprint density at radius 2 is 1.69 bits per heavy atom. The molecule has 1 heteroatoms. The Labute approximate surface area is 83.5 Å². The van der Waals surface area contributed by atoms with Crippen LogP contribution in [0.2, 0.25) is 0 Å². The molecule has 0 aliphatic carbocycles. The van der Waals surface area contributed by atoms with Gasteiger partial charge in [0.2, 0.25) is 0 Å². The molecule has 0 aromatic rings. The minimum atomic E-state index is 0.618. The number of nitrogens with zero attached hydrogens (tertiary/aromatic N) is 1. The molecule has 1 aliphatic heterocycles. The maximum Gasteiger partial charge on any atom is 0.00244 e. The zero-order valence-electron chi connectivity index (χ0n) is 9.93. The molecule has 0 spiro atoms. The predicted octanol–water partition coefficient (Wildman–Crippen LogP) is 3.01. The van der Waals surface area contributed by atoms with Crippen molar-refractivity contribution >= 4 is 0 Å². The van der Waals surface area contributed by atoms with Crippen molar-refractivity contribution in [1.29, 1.82) is 0 Å². The van der Waals surface area contributed by atoms with Crippen LogP contribution in [0.5, 0.6) is 0 Å². The minimum Gasteiger partial charge on any atom is -0.306 e. The quantitative estimate of drug-likeness (QED) is 0.647. The highest BCUT2D eigenvalue weighted by Gasteiger charge is 2.43. The third-order valence-electron chi connectivity index (χ3n) is 4.34. The van der Waals surface area contributed by atoms with Gasteiger partial charge in [0.15, 0.2) is 0 Å². The van der Waals surface area contributed by atoms with E-state index >= 15 is 0 Å². The molecule has 0 radical (unpaired) electrons. The summed E-state index contributed by atoms with van der Waals surface area (Å²) in [6.45, 7) is 12.2. The molecule has 13 heavy (non-hydrogen) atoms. The van der Waals surface area contributed by atoms with E-state index in [1.54, 1.807) is 0 Å². The number of rotatable bonds is 4. The van der Waals surface area contributed by atoms with Crippen LogP contribution in [0.1, 0.15) is 40.5 Å². The first-order valence-electron chi connectivity index (χ1n) is 5.75. The Bertz CT molecular complexity index is 153. The summed E-state index contributed by atoms with van der Waals surface area (Å²) >= 11 is 0. The van der Waals surface area contributed by atoms with Crippen LogP contribution in [0.3, 0.4) is 0 Å². The fourth-order valence-corrected chi connectivity index (χ4v) is 3.18. The van der Waals surface area contributed by atoms with E-state index in [2.05, 4.69) is 39.6 Å². The first-order valence-corrected chi connectivity index (χ1v) is 5.75. The molecule has 1 nitrogen and oxygen atoms in total. The lowest BCUT2D eigenvalue weighted by Gasteiger charge is -2.51. The fourth-order valence-electron chi connectivity index (χ4n) is 3.18. The average molecular weight is 183 g/mol. The van der Waals surface area contributed by atoms with Gasteiger partial charge in [0.1, 0.15) is 0 Å². The second-order valence-corrected chi connectivity index (χ2v) is 5.01. The van der Waals surface area contributed by atoms with E-state index in [1.165, 1.54) is 25.9 Å². The van der Waals surface area contributed by atoms with Gasteiger partial charge >= 0.3 is 0 Å². The molecule has 0 aromatic heterocycles. The van der Waals surface area contributed by atoms with Gasteiger partial charge in [-0.25, -0.2) is 0 Å². The summed E-state index contributed by atoms with van der Waals surface area (Å²) in [5, 5.41) is 0. The van der Waals surface area contributed by atoms with Crippen molar-refractivity contribution in [3.05, 3.63) is 0 Å². The molecule has 0 unspecified atom stereocenters. The van der Waals surface area contributed by atoms with E-state index in [0.717, 1.165) is 11.8 Å². The first kappa shape index (κ1) is 11.0. The van der Waals surface area contributed by atoms with Crippen LogP contribution in [0.15, 0.2) is 0 Å². The van der Waals surface area contributed by atoms with Gasteiger partial charge in [-0.15, -0.1) is 0 Å². The highest BCUT2D eigenvalue weighted by molar-refractivity contribution is 4.94. The molecule has 0 bridgehead atoms. The molecule has 0 aromatic carbocycles. The lowest BCUT2D eigenvalue weighted by molar-refractivity contribution is -0.0254. The molecular formula is C12H25N.